The molecule has 0 aliphatic carbocycles. The van der Waals surface area contributed by atoms with E-state index in [0.717, 1.165) is 24.0 Å². The molecule has 7 heteroatoms. The minimum atomic E-state index is -3.54. The molecule has 29 heavy (non-hydrogen) atoms. The van der Waals surface area contributed by atoms with E-state index < -0.39 is 10.0 Å². The van der Waals surface area contributed by atoms with Crippen LogP contribution in [0.5, 0.6) is 0 Å². The molecule has 1 saturated heterocycles. The minimum absolute atomic E-state index is 0.0797. The molecule has 6 nitrogen and oxygen atoms in total. The van der Waals surface area contributed by atoms with Crippen molar-refractivity contribution in [3.05, 3.63) is 65.2 Å². The highest BCUT2D eigenvalue weighted by atomic mass is 32.2. The van der Waals surface area contributed by atoms with E-state index >= 15 is 0 Å². The van der Waals surface area contributed by atoms with Crippen molar-refractivity contribution in [2.45, 2.75) is 31.3 Å². The Morgan fingerprint density at radius 1 is 1.00 bits per heavy atom. The van der Waals surface area contributed by atoms with Crippen LogP contribution in [-0.2, 0) is 27.8 Å². The first-order valence-electron chi connectivity index (χ1n) is 9.92. The second-order valence-corrected chi connectivity index (χ2v) is 9.16. The third-order valence-electron chi connectivity index (χ3n) is 5.11. The molecule has 0 radical (unpaired) electrons. The smallest absolute Gasteiger partial charge is 0.253 e. The highest BCUT2D eigenvalue weighted by Crippen LogP contribution is 2.20. The van der Waals surface area contributed by atoms with Gasteiger partial charge in [-0.2, -0.15) is 4.31 Å². The Balaban J connectivity index is 1.64. The number of nitrogens with zero attached hydrogens (tertiary/aromatic N) is 2. The van der Waals surface area contributed by atoms with Crippen LogP contribution in [0.25, 0.3) is 0 Å². The number of ether oxygens (including phenoxy) is 1. The number of benzene rings is 2. The van der Waals surface area contributed by atoms with E-state index in [1.807, 2.05) is 30.3 Å². The monoisotopic (exact) mass is 416 g/mol. The molecule has 0 bridgehead atoms. The van der Waals surface area contributed by atoms with E-state index in [1.54, 1.807) is 30.2 Å². The maximum absolute atomic E-state index is 12.9. The molecule has 0 unspecified atom stereocenters. The lowest BCUT2D eigenvalue weighted by Crippen LogP contribution is -2.50. The lowest BCUT2D eigenvalue weighted by Gasteiger charge is -2.34. The molecule has 1 fully saturated rings. The second kappa shape index (κ2) is 9.52. The summed E-state index contributed by atoms with van der Waals surface area (Å²) in [5.74, 6) is -0.0797. The second-order valence-electron chi connectivity index (χ2n) is 7.22. The van der Waals surface area contributed by atoms with Crippen LogP contribution in [0.3, 0.4) is 0 Å². The third kappa shape index (κ3) is 5.04. The number of hydrogen-bond acceptors (Lipinski definition) is 4. The molecular formula is C22H28N2O4S. The van der Waals surface area contributed by atoms with Crippen molar-refractivity contribution in [1.82, 2.24) is 9.21 Å². The summed E-state index contributed by atoms with van der Waals surface area (Å²) in [5, 5.41) is 0. The number of carbonyl (C=O) groups excluding carboxylic acids is 1. The van der Waals surface area contributed by atoms with Crippen LogP contribution in [0, 0.1) is 0 Å². The summed E-state index contributed by atoms with van der Waals surface area (Å²) in [6, 6.07) is 14.5. The zero-order valence-electron chi connectivity index (χ0n) is 17.0. The van der Waals surface area contributed by atoms with Gasteiger partial charge in [0.1, 0.15) is 0 Å². The van der Waals surface area contributed by atoms with Gasteiger partial charge in [-0.1, -0.05) is 37.6 Å². The first kappa shape index (κ1) is 21.5. The molecule has 1 aliphatic heterocycles. The van der Waals surface area contributed by atoms with Crippen molar-refractivity contribution >= 4 is 15.9 Å². The van der Waals surface area contributed by atoms with Crippen molar-refractivity contribution in [3.8, 4) is 0 Å². The van der Waals surface area contributed by atoms with Gasteiger partial charge in [0.15, 0.2) is 0 Å². The van der Waals surface area contributed by atoms with Crippen LogP contribution in [-0.4, -0.2) is 56.8 Å². The molecule has 0 atom stereocenters. The van der Waals surface area contributed by atoms with Crippen LogP contribution in [0.1, 0.15) is 34.8 Å². The molecule has 1 amide bonds. The Labute approximate surface area is 173 Å². The molecule has 0 spiro atoms. The maximum atomic E-state index is 12.9. The summed E-state index contributed by atoms with van der Waals surface area (Å²) in [6.45, 7) is 3.88. The molecule has 0 aromatic heterocycles. The van der Waals surface area contributed by atoms with Gasteiger partial charge < -0.3 is 9.64 Å². The minimum Gasteiger partial charge on any atom is -0.380 e. The number of rotatable bonds is 7. The van der Waals surface area contributed by atoms with E-state index in [-0.39, 0.29) is 5.91 Å². The third-order valence-corrected chi connectivity index (χ3v) is 7.02. The van der Waals surface area contributed by atoms with Gasteiger partial charge in [-0.15, -0.1) is 0 Å². The van der Waals surface area contributed by atoms with Crippen molar-refractivity contribution in [2.75, 3.05) is 33.3 Å². The number of methoxy groups -OCH3 is 1. The van der Waals surface area contributed by atoms with Crippen molar-refractivity contribution < 1.29 is 17.9 Å². The van der Waals surface area contributed by atoms with E-state index in [0.29, 0.717) is 43.2 Å². The molecule has 3 rings (SSSR count). The molecule has 0 N–H and O–H groups in total. The molecular weight excluding hydrogens is 388 g/mol. The number of hydrogen-bond donors (Lipinski definition) is 0. The fourth-order valence-corrected chi connectivity index (χ4v) is 4.96. The zero-order valence-corrected chi connectivity index (χ0v) is 17.8. The van der Waals surface area contributed by atoms with Crippen LogP contribution in [0.2, 0.25) is 0 Å². The number of carbonyl (C=O) groups is 1. The van der Waals surface area contributed by atoms with Crippen molar-refractivity contribution in [1.29, 1.82) is 0 Å². The number of aryl methyl sites for hydroxylation is 1. The summed E-state index contributed by atoms with van der Waals surface area (Å²) < 4.78 is 32.4. The Hall–Kier alpha value is -2.22. The van der Waals surface area contributed by atoms with Gasteiger partial charge >= 0.3 is 0 Å². The first-order valence-corrected chi connectivity index (χ1v) is 11.4. The fourth-order valence-electron chi connectivity index (χ4n) is 3.54. The Morgan fingerprint density at radius 2 is 1.69 bits per heavy atom. The van der Waals surface area contributed by atoms with E-state index in [4.69, 9.17) is 4.74 Å². The highest BCUT2D eigenvalue weighted by molar-refractivity contribution is 7.89. The van der Waals surface area contributed by atoms with Crippen LogP contribution >= 0.6 is 0 Å². The summed E-state index contributed by atoms with van der Waals surface area (Å²) in [4.78, 5) is 14.8. The largest absolute Gasteiger partial charge is 0.380 e. The average molecular weight is 417 g/mol. The maximum Gasteiger partial charge on any atom is 0.253 e. The Morgan fingerprint density at radius 3 is 2.31 bits per heavy atom. The molecule has 1 aliphatic rings. The van der Waals surface area contributed by atoms with Gasteiger partial charge in [-0.05, 0) is 41.8 Å². The van der Waals surface area contributed by atoms with Gasteiger partial charge in [-0.3, -0.25) is 4.79 Å². The summed E-state index contributed by atoms with van der Waals surface area (Å²) in [7, 11) is -1.93. The Kier molecular flexibility index (Phi) is 7.05. The summed E-state index contributed by atoms with van der Waals surface area (Å²) in [5.41, 5.74) is 2.67. The molecule has 156 valence electrons. The standard InChI is InChI=1S/C22H28N2O4S/c1-3-5-18-8-10-21(11-9-18)29(26,27)24-14-12-23(13-15-24)22(25)20-7-4-6-19(16-20)17-28-2/h4,6-11,16H,3,5,12-15,17H2,1-2H3. The predicted octanol–water partition coefficient (Wildman–Crippen LogP) is 2.93. The topological polar surface area (TPSA) is 66.9 Å². The zero-order chi connectivity index (χ0) is 20.9. The fraction of sp³-hybridized carbons (Fsp3) is 0.409. The molecule has 2 aromatic rings. The van der Waals surface area contributed by atoms with Gasteiger partial charge in [0, 0.05) is 38.9 Å². The number of piperazine rings is 1. The highest BCUT2D eigenvalue weighted by Gasteiger charge is 2.30. The molecule has 2 aromatic carbocycles. The first-order chi connectivity index (χ1) is 14.0. The van der Waals surface area contributed by atoms with Crippen LogP contribution < -0.4 is 0 Å². The molecule has 1 heterocycles. The van der Waals surface area contributed by atoms with Gasteiger partial charge in [0.2, 0.25) is 10.0 Å². The van der Waals surface area contributed by atoms with Crippen LogP contribution in [0.15, 0.2) is 53.4 Å². The van der Waals surface area contributed by atoms with E-state index in [1.165, 1.54) is 4.31 Å². The lowest BCUT2D eigenvalue weighted by molar-refractivity contribution is 0.0697. The summed E-state index contributed by atoms with van der Waals surface area (Å²) in [6.07, 6.45) is 1.96. The van der Waals surface area contributed by atoms with Gasteiger partial charge in [0.05, 0.1) is 11.5 Å². The number of sulfonamides is 1. The van der Waals surface area contributed by atoms with Gasteiger partial charge in [-0.25, -0.2) is 8.42 Å². The quantitative estimate of drug-likeness (QED) is 0.696. The summed E-state index contributed by atoms with van der Waals surface area (Å²) >= 11 is 0. The van der Waals surface area contributed by atoms with Gasteiger partial charge in [0.25, 0.3) is 5.91 Å². The lowest BCUT2D eigenvalue weighted by atomic mass is 10.1. The van der Waals surface area contributed by atoms with Crippen molar-refractivity contribution in [2.24, 2.45) is 0 Å². The van der Waals surface area contributed by atoms with Crippen LogP contribution in [0.4, 0.5) is 0 Å². The Bertz CT molecular complexity index is 934. The van der Waals surface area contributed by atoms with E-state index in [2.05, 4.69) is 6.92 Å². The van der Waals surface area contributed by atoms with Crippen molar-refractivity contribution in [3.63, 3.8) is 0 Å². The predicted molar refractivity (Wildman–Crippen MR) is 112 cm³/mol. The normalized spacial score (nSPS) is 15.4. The number of amides is 1. The molecule has 0 saturated carbocycles. The van der Waals surface area contributed by atoms with E-state index in [9.17, 15) is 13.2 Å². The average Bonchev–Trinajstić information content (AvgIpc) is 2.74. The SMILES string of the molecule is CCCc1ccc(S(=O)(=O)N2CCN(C(=O)c3cccc(COC)c3)CC2)cc1.